The van der Waals surface area contributed by atoms with Gasteiger partial charge in [-0.3, -0.25) is 0 Å². The molecule has 214 valence electrons. The van der Waals surface area contributed by atoms with Crippen molar-refractivity contribution in [1.82, 2.24) is 15.0 Å². The summed E-state index contributed by atoms with van der Waals surface area (Å²) in [6, 6.07) is 22.3. The van der Waals surface area contributed by atoms with Crippen molar-refractivity contribution in [2.24, 2.45) is 0 Å². The van der Waals surface area contributed by atoms with E-state index in [1.807, 2.05) is 45.0 Å². The zero-order chi connectivity index (χ0) is 29.5. The lowest BCUT2D eigenvalue weighted by molar-refractivity contribution is 0.0525. The second kappa shape index (κ2) is 13.1. The Morgan fingerprint density at radius 2 is 1.85 bits per heavy atom. The van der Waals surface area contributed by atoms with E-state index in [0.717, 1.165) is 15.8 Å². The standard InChI is InChI=1S/C30H32N4O5S2/c1-30(2,3)39-29(35)32-15-8-16-38-23-13-14-25-27(19-23)40-28(33-25)26(18-21-9-7-10-22(17-21)20-31)34-41(36,37)24-11-5-4-6-12-24/h4-7,9-14,17,19,26,34H,8,15-16,18H2,1-3H3,(H,32,35). The fourth-order valence-electron chi connectivity index (χ4n) is 3.97. The summed E-state index contributed by atoms with van der Waals surface area (Å²) in [6.07, 6.45) is 0.444. The third-order valence-electron chi connectivity index (χ3n) is 5.78. The molecule has 4 rings (SSSR count). The Kier molecular flexibility index (Phi) is 9.60. The average molecular weight is 593 g/mol. The highest BCUT2D eigenvalue weighted by atomic mass is 32.2. The molecule has 0 bridgehead atoms. The highest BCUT2D eigenvalue weighted by molar-refractivity contribution is 7.89. The van der Waals surface area contributed by atoms with E-state index in [-0.39, 0.29) is 4.90 Å². The Labute approximate surface area is 244 Å². The number of thiazole rings is 1. The molecule has 0 spiro atoms. The number of ether oxygens (including phenoxy) is 2. The van der Waals surface area contributed by atoms with Crippen LogP contribution < -0.4 is 14.8 Å². The number of carbonyl (C=O) groups is 1. The minimum absolute atomic E-state index is 0.161. The van der Waals surface area contributed by atoms with Crippen LogP contribution in [0.4, 0.5) is 4.79 Å². The molecule has 11 heteroatoms. The summed E-state index contributed by atoms with van der Waals surface area (Å²) in [5, 5.41) is 12.6. The van der Waals surface area contributed by atoms with Crippen molar-refractivity contribution in [3.05, 3.63) is 88.9 Å². The SMILES string of the molecule is CC(C)(C)OC(=O)NCCCOc1ccc2nc(C(Cc3cccc(C#N)c3)NS(=O)(=O)c3ccccc3)sc2c1. The molecule has 1 heterocycles. The van der Waals surface area contributed by atoms with Crippen molar-refractivity contribution < 1.29 is 22.7 Å². The van der Waals surface area contributed by atoms with E-state index < -0.39 is 27.8 Å². The van der Waals surface area contributed by atoms with Crippen molar-refractivity contribution in [3.63, 3.8) is 0 Å². The number of sulfonamides is 1. The third kappa shape index (κ3) is 8.75. The van der Waals surface area contributed by atoms with Crippen molar-refractivity contribution >= 4 is 37.7 Å². The summed E-state index contributed by atoms with van der Waals surface area (Å²) in [5.41, 5.74) is 1.48. The largest absolute Gasteiger partial charge is 0.493 e. The molecular formula is C30H32N4O5S2. The quantitative estimate of drug-likeness (QED) is 0.213. The topological polar surface area (TPSA) is 130 Å². The number of fused-ring (bicyclic) bond motifs is 1. The molecule has 0 aliphatic heterocycles. The monoisotopic (exact) mass is 592 g/mol. The maximum absolute atomic E-state index is 13.2. The predicted octanol–water partition coefficient (Wildman–Crippen LogP) is 5.72. The van der Waals surface area contributed by atoms with Gasteiger partial charge in [-0.25, -0.2) is 22.9 Å². The van der Waals surface area contributed by atoms with Crippen LogP contribution >= 0.6 is 11.3 Å². The summed E-state index contributed by atoms with van der Waals surface area (Å²) >= 11 is 1.38. The van der Waals surface area contributed by atoms with E-state index in [1.54, 1.807) is 48.5 Å². The van der Waals surface area contributed by atoms with Crippen molar-refractivity contribution in [2.75, 3.05) is 13.2 Å². The molecule has 9 nitrogen and oxygen atoms in total. The Morgan fingerprint density at radius 3 is 2.59 bits per heavy atom. The lowest BCUT2D eigenvalue weighted by atomic mass is 10.0. The normalized spacial score (nSPS) is 12.4. The van der Waals surface area contributed by atoms with E-state index >= 15 is 0 Å². The maximum atomic E-state index is 13.2. The molecule has 0 radical (unpaired) electrons. The number of nitriles is 1. The second-order valence-electron chi connectivity index (χ2n) is 10.3. The van der Waals surface area contributed by atoms with E-state index in [0.29, 0.717) is 42.3 Å². The molecule has 0 fully saturated rings. The van der Waals surface area contributed by atoms with Crippen LogP contribution in [0.15, 0.2) is 77.7 Å². The predicted molar refractivity (Wildman–Crippen MR) is 158 cm³/mol. The first-order valence-corrected chi connectivity index (χ1v) is 15.4. The van der Waals surface area contributed by atoms with Gasteiger partial charge in [0.25, 0.3) is 0 Å². The highest BCUT2D eigenvalue weighted by Crippen LogP contribution is 2.32. The lowest BCUT2D eigenvalue weighted by Gasteiger charge is -2.19. The fraction of sp³-hybridized carbons (Fsp3) is 0.300. The summed E-state index contributed by atoms with van der Waals surface area (Å²) in [4.78, 5) is 16.7. The molecule has 0 saturated heterocycles. The van der Waals surface area contributed by atoms with Gasteiger partial charge >= 0.3 is 6.09 Å². The molecule has 0 saturated carbocycles. The number of hydrogen-bond donors (Lipinski definition) is 2. The zero-order valence-electron chi connectivity index (χ0n) is 23.1. The molecule has 0 aliphatic rings. The third-order valence-corrected chi connectivity index (χ3v) is 8.40. The number of nitrogens with one attached hydrogen (secondary N) is 2. The van der Waals surface area contributed by atoms with Gasteiger partial charge in [0.15, 0.2) is 0 Å². The summed E-state index contributed by atoms with van der Waals surface area (Å²) < 4.78 is 41.2. The fourth-order valence-corrected chi connectivity index (χ4v) is 6.31. The number of alkyl carbamates (subject to hydrolysis) is 1. The van der Waals surface area contributed by atoms with E-state index in [4.69, 9.17) is 14.5 Å². The van der Waals surface area contributed by atoms with Crippen LogP contribution in [-0.2, 0) is 21.2 Å². The molecule has 4 aromatic rings. The number of amides is 1. The van der Waals surface area contributed by atoms with Crippen LogP contribution in [-0.4, -0.2) is 38.2 Å². The number of hydrogen-bond acceptors (Lipinski definition) is 8. The van der Waals surface area contributed by atoms with Crippen LogP contribution in [0.1, 0.15) is 49.4 Å². The first kappa shape index (κ1) is 30.0. The molecule has 1 amide bonds. The number of carbonyl (C=O) groups excluding carboxylic acids is 1. The van der Waals surface area contributed by atoms with Crippen LogP contribution in [0.3, 0.4) is 0 Å². The van der Waals surface area contributed by atoms with Crippen molar-refractivity contribution in [3.8, 4) is 11.8 Å². The van der Waals surface area contributed by atoms with Crippen molar-refractivity contribution in [2.45, 2.75) is 50.2 Å². The Morgan fingerprint density at radius 1 is 1.07 bits per heavy atom. The van der Waals surface area contributed by atoms with Crippen LogP contribution in [0.5, 0.6) is 5.75 Å². The molecule has 0 aliphatic carbocycles. The van der Waals surface area contributed by atoms with Gasteiger partial charge in [0.1, 0.15) is 16.4 Å². The van der Waals surface area contributed by atoms with Gasteiger partial charge in [0.05, 0.1) is 39.4 Å². The molecule has 2 N–H and O–H groups in total. The van der Waals surface area contributed by atoms with Crippen LogP contribution in [0, 0.1) is 11.3 Å². The smallest absolute Gasteiger partial charge is 0.407 e. The van der Waals surface area contributed by atoms with Crippen LogP contribution in [0.2, 0.25) is 0 Å². The Hall–Kier alpha value is -3.98. The Balaban J connectivity index is 1.48. The summed E-state index contributed by atoms with van der Waals surface area (Å²) in [6.45, 7) is 6.23. The minimum Gasteiger partial charge on any atom is -0.493 e. The van der Waals surface area contributed by atoms with Crippen molar-refractivity contribution in [1.29, 1.82) is 5.26 Å². The number of aromatic nitrogens is 1. The van der Waals surface area contributed by atoms with Gasteiger partial charge in [-0.2, -0.15) is 5.26 Å². The molecule has 1 atom stereocenters. The van der Waals surface area contributed by atoms with Crippen LogP contribution in [0.25, 0.3) is 10.2 Å². The minimum atomic E-state index is -3.83. The van der Waals surface area contributed by atoms with Gasteiger partial charge in [-0.1, -0.05) is 30.3 Å². The molecule has 1 aromatic heterocycles. The van der Waals surface area contributed by atoms with Gasteiger partial charge in [0.2, 0.25) is 10.0 Å². The molecule has 3 aromatic carbocycles. The highest BCUT2D eigenvalue weighted by Gasteiger charge is 2.25. The number of rotatable bonds is 11. The van der Waals surface area contributed by atoms with Gasteiger partial charge in [0, 0.05) is 6.54 Å². The molecular weight excluding hydrogens is 560 g/mol. The Bertz CT molecular complexity index is 1640. The maximum Gasteiger partial charge on any atom is 0.407 e. The number of benzene rings is 3. The van der Waals surface area contributed by atoms with E-state index in [1.165, 1.54) is 11.3 Å². The molecule has 41 heavy (non-hydrogen) atoms. The zero-order valence-corrected chi connectivity index (χ0v) is 24.7. The van der Waals surface area contributed by atoms with Gasteiger partial charge < -0.3 is 14.8 Å². The second-order valence-corrected chi connectivity index (χ2v) is 13.1. The lowest BCUT2D eigenvalue weighted by Crippen LogP contribution is -2.33. The van der Waals surface area contributed by atoms with E-state index in [9.17, 15) is 18.5 Å². The van der Waals surface area contributed by atoms with Gasteiger partial charge in [-0.15, -0.1) is 11.3 Å². The first-order valence-electron chi connectivity index (χ1n) is 13.1. The first-order chi connectivity index (χ1) is 19.5. The summed E-state index contributed by atoms with van der Waals surface area (Å²) in [7, 11) is -3.83. The average Bonchev–Trinajstić information content (AvgIpc) is 3.36. The molecule has 1 unspecified atom stereocenters. The van der Waals surface area contributed by atoms with Gasteiger partial charge in [-0.05, 0) is 81.6 Å². The summed E-state index contributed by atoms with van der Waals surface area (Å²) in [5.74, 6) is 0.646. The van der Waals surface area contributed by atoms with E-state index in [2.05, 4.69) is 16.1 Å². The number of nitrogens with zero attached hydrogens (tertiary/aromatic N) is 2.